The number of benzene rings is 2. The molecule has 0 fully saturated rings. The lowest BCUT2D eigenvalue weighted by atomic mass is 10.0. The van der Waals surface area contributed by atoms with Gasteiger partial charge in [-0.2, -0.15) is 9.61 Å². The largest absolute Gasteiger partial charge is 0.306 e. The van der Waals surface area contributed by atoms with E-state index in [2.05, 4.69) is 15.4 Å². The van der Waals surface area contributed by atoms with Crippen LogP contribution in [-0.4, -0.2) is 25.5 Å². The summed E-state index contributed by atoms with van der Waals surface area (Å²) in [6, 6.07) is 22.8. The number of nitrogens with one attached hydrogen (secondary N) is 1. The number of aromatic nitrogens is 4. The molecular weight excluding hydrogens is 350 g/mol. The van der Waals surface area contributed by atoms with Crippen LogP contribution in [-0.2, 0) is 0 Å². The van der Waals surface area contributed by atoms with E-state index in [-0.39, 0.29) is 5.91 Å². The highest BCUT2D eigenvalue weighted by molar-refractivity contribution is 6.12. The second-order valence-corrected chi connectivity index (χ2v) is 6.32. The van der Waals surface area contributed by atoms with Gasteiger partial charge >= 0.3 is 0 Å². The van der Waals surface area contributed by atoms with Crippen molar-refractivity contribution in [2.45, 2.75) is 0 Å². The molecule has 1 amide bonds. The van der Waals surface area contributed by atoms with E-state index >= 15 is 0 Å². The highest BCUT2D eigenvalue weighted by atomic mass is 16.1. The van der Waals surface area contributed by atoms with Gasteiger partial charge in [-0.3, -0.25) is 4.79 Å². The summed E-state index contributed by atoms with van der Waals surface area (Å²) in [7, 11) is 0. The van der Waals surface area contributed by atoms with Crippen molar-refractivity contribution >= 4 is 28.3 Å². The summed E-state index contributed by atoms with van der Waals surface area (Å²) in [4.78, 5) is 22.1. The van der Waals surface area contributed by atoms with Crippen LogP contribution in [0.15, 0.2) is 85.2 Å². The van der Waals surface area contributed by atoms with E-state index in [1.54, 1.807) is 29.0 Å². The van der Waals surface area contributed by atoms with E-state index in [9.17, 15) is 4.79 Å². The molecule has 28 heavy (non-hydrogen) atoms. The van der Waals surface area contributed by atoms with Crippen molar-refractivity contribution in [3.05, 3.63) is 90.8 Å². The number of nitrogens with zero attached hydrogens (tertiary/aromatic N) is 4. The van der Waals surface area contributed by atoms with Gasteiger partial charge in [-0.25, -0.2) is 9.97 Å². The van der Waals surface area contributed by atoms with Gasteiger partial charge in [-0.05, 0) is 18.2 Å². The fourth-order valence-corrected chi connectivity index (χ4v) is 3.23. The van der Waals surface area contributed by atoms with Crippen molar-refractivity contribution < 1.29 is 4.79 Å². The SMILES string of the molecule is O=C(Nc1ccnc2ccnn12)c1cc(-c2ccccc2)nc2ccccc12. The molecule has 3 heterocycles. The first kappa shape index (κ1) is 16.1. The second-order valence-electron chi connectivity index (χ2n) is 6.32. The lowest BCUT2D eigenvalue weighted by Gasteiger charge is -2.11. The first-order chi connectivity index (χ1) is 13.8. The van der Waals surface area contributed by atoms with Gasteiger partial charge in [-0.15, -0.1) is 0 Å². The van der Waals surface area contributed by atoms with Gasteiger partial charge in [0.15, 0.2) is 5.65 Å². The number of carbonyl (C=O) groups is 1. The zero-order valence-electron chi connectivity index (χ0n) is 14.8. The molecule has 0 aliphatic carbocycles. The molecule has 6 nitrogen and oxygen atoms in total. The number of hydrogen-bond donors (Lipinski definition) is 1. The maximum absolute atomic E-state index is 13.2. The Morgan fingerprint density at radius 1 is 0.893 bits per heavy atom. The Labute approximate surface area is 160 Å². The highest BCUT2D eigenvalue weighted by Crippen LogP contribution is 2.25. The quantitative estimate of drug-likeness (QED) is 0.520. The number of rotatable bonds is 3. The van der Waals surface area contributed by atoms with Crippen LogP contribution in [0.25, 0.3) is 27.8 Å². The lowest BCUT2D eigenvalue weighted by Crippen LogP contribution is -2.16. The van der Waals surface area contributed by atoms with Gasteiger partial charge in [0.25, 0.3) is 5.91 Å². The number of pyridine rings is 1. The summed E-state index contributed by atoms with van der Waals surface area (Å²) in [6.45, 7) is 0. The molecule has 0 aliphatic heterocycles. The smallest absolute Gasteiger partial charge is 0.257 e. The molecule has 0 saturated carbocycles. The third-order valence-corrected chi connectivity index (χ3v) is 4.56. The topological polar surface area (TPSA) is 72.2 Å². The van der Waals surface area contributed by atoms with E-state index < -0.39 is 0 Å². The summed E-state index contributed by atoms with van der Waals surface area (Å²) >= 11 is 0. The maximum atomic E-state index is 13.2. The summed E-state index contributed by atoms with van der Waals surface area (Å²) in [5.74, 6) is 0.334. The van der Waals surface area contributed by atoms with Gasteiger partial charge in [0.1, 0.15) is 5.82 Å². The Balaban J connectivity index is 1.63. The number of hydrogen-bond acceptors (Lipinski definition) is 4. The van der Waals surface area contributed by atoms with Crippen LogP contribution in [0.3, 0.4) is 0 Å². The molecule has 0 unspecified atom stereocenters. The van der Waals surface area contributed by atoms with Gasteiger partial charge in [-0.1, -0.05) is 48.5 Å². The Hall–Kier alpha value is -4.06. The zero-order chi connectivity index (χ0) is 18.9. The van der Waals surface area contributed by atoms with Crippen LogP contribution in [0, 0.1) is 0 Å². The van der Waals surface area contributed by atoms with E-state index in [0.29, 0.717) is 17.0 Å². The molecule has 0 atom stereocenters. The second kappa shape index (κ2) is 6.59. The minimum Gasteiger partial charge on any atom is -0.306 e. The summed E-state index contributed by atoms with van der Waals surface area (Å²) in [6.07, 6.45) is 3.29. The van der Waals surface area contributed by atoms with E-state index in [1.165, 1.54) is 0 Å². The summed E-state index contributed by atoms with van der Waals surface area (Å²) in [5.41, 5.74) is 3.71. The molecule has 2 aromatic carbocycles. The minimum atomic E-state index is -0.223. The molecule has 6 heteroatoms. The van der Waals surface area contributed by atoms with Crippen LogP contribution in [0.5, 0.6) is 0 Å². The maximum Gasteiger partial charge on any atom is 0.257 e. The molecule has 0 saturated heterocycles. The van der Waals surface area contributed by atoms with Crippen LogP contribution in [0.1, 0.15) is 10.4 Å². The summed E-state index contributed by atoms with van der Waals surface area (Å²) in [5, 5.41) is 7.97. The Morgan fingerprint density at radius 2 is 1.71 bits per heavy atom. The third-order valence-electron chi connectivity index (χ3n) is 4.56. The van der Waals surface area contributed by atoms with Crippen molar-refractivity contribution in [1.82, 2.24) is 19.6 Å². The molecule has 3 aromatic heterocycles. The first-order valence-electron chi connectivity index (χ1n) is 8.85. The standard InChI is InChI=1S/C22H15N5O/c28-22(26-21-10-12-23-20-11-13-24-27(20)21)17-14-19(15-6-2-1-3-7-15)25-18-9-5-4-8-16(17)18/h1-14H,(H,26,28). The molecule has 0 spiro atoms. The number of amides is 1. The molecule has 0 radical (unpaired) electrons. The predicted octanol–water partition coefficient (Wildman–Crippen LogP) is 4.20. The number of carbonyl (C=O) groups excluding carboxylic acids is 1. The molecule has 1 N–H and O–H groups in total. The Bertz CT molecular complexity index is 1310. The van der Waals surface area contributed by atoms with Crippen molar-refractivity contribution in [2.24, 2.45) is 0 Å². The zero-order valence-corrected chi connectivity index (χ0v) is 14.8. The molecule has 5 aromatic rings. The van der Waals surface area contributed by atoms with Gasteiger partial charge in [0.2, 0.25) is 0 Å². The number of anilines is 1. The average Bonchev–Trinajstić information content (AvgIpc) is 3.23. The van der Waals surface area contributed by atoms with Crippen LogP contribution in [0.2, 0.25) is 0 Å². The van der Waals surface area contributed by atoms with Gasteiger partial charge in [0.05, 0.1) is 23.0 Å². The molecule has 0 bridgehead atoms. The van der Waals surface area contributed by atoms with Crippen molar-refractivity contribution in [2.75, 3.05) is 5.32 Å². The van der Waals surface area contributed by atoms with Crippen LogP contribution < -0.4 is 5.32 Å². The molecular formula is C22H15N5O. The van der Waals surface area contributed by atoms with E-state index in [4.69, 9.17) is 4.98 Å². The van der Waals surface area contributed by atoms with Crippen LogP contribution in [0.4, 0.5) is 5.82 Å². The highest BCUT2D eigenvalue weighted by Gasteiger charge is 2.15. The van der Waals surface area contributed by atoms with E-state index in [1.807, 2.05) is 60.7 Å². The van der Waals surface area contributed by atoms with Crippen molar-refractivity contribution in [1.29, 1.82) is 0 Å². The predicted molar refractivity (Wildman–Crippen MR) is 108 cm³/mol. The fraction of sp³-hybridized carbons (Fsp3) is 0. The van der Waals surface area contributed by atoms with Crippen molar-refractivity contribution in [3.63, 3.8) is 0 Å². The average molecular weight is 365 g/mol. The Morgan fingerprint density at radius 3 is 2.61 bits per heavy atom. The fourth-order valence-electron chi connectivity index (χ4n) is 3.23. The molecule has 134 valence electrons. The molecule has 5 rings (SSSR count). The van der Waals surface area contributed by atoms with Gasteiger partial charge in [0, 0.05) is 23.2 Å². The van der Waals surface area contributed by atoms with Crippen molar-refractivity contribution in [3.8, 4) is 11.3 Å². The molecule has 0 aliphatic rings. The monoisotopic (exact) mass is 365 g/mol. The van der Waals surface area contributed by atoms with Gasteiger partial charge < -0.3 is 5.32 Å². The number of fused-ring (bicyclic) bond motifs is 2. The Kier molecular flexibility index (Phi) is 3.80. The lowest BCUT2D eigenvalue weighted by molar-refractivity contribution is 0.102. The van der Waals surface area contributed by atoms with E-state index in [0.717, 1.165) is 22.2 Å². The minimum absolute atomic E-state index is 0.223. The third kappa shape index (κ3) is 2.77. The number of para-hydroxylation sites is 1. The summed E-state index contributed by atoms with van der Waals surface area (Å²) < 4.78 is 1.60. The van der Waals surface area contributed by atoms with Crippen LogP contribution >= 0.6 is 0 Å². The first-order valence-corrected chi connectivity index (χ1v) is 8.85. The normalized spacial score (nSPS) is 11.0.